The zero-order valence-corrected chi connectivity index (χ0v) is 15.5. The van der Waals surface area contributed by atoms with E-state index in [1.807, 2.05) is 26.0 Å². The highest BCUT2D eigenvalue weighted by Crippen LogP contribution is 2.32. The number of hydrogen-bond acceptors (Lipinski definition) is 4. The number of aliphatic carboxylic acids is 1. The fourth-order valence-electron chi connectivity index (χ4n) is 3.26. The Morgan fingerprint density at radius 1 is 1.11 bits per heavy atom. The van der Waals surface area contributed by atoms with Gasteiger partial charge in [0.1, 0.15) is 0 Å². The van der Waals surface area contributed by atoms with E-state index in [9.17, 15) is 9.59 Å². The third kappa shape index (κ3) is 4.22. The number of aryl methyl sites for hydroxylation is 2. The zero-order valence-electron chi connectivity index (χ0n) is 15.5. The second kappa shape index (κ2) is 8.12. The zero-order chi connectivity index (χ0) is 19.4. The summed E-state index contributed by atoms with van der Waals surface area (Å²) in [7, 11) is 0. The molecule has 0 spiro atoms. The molecule has 6 nitrogen and oxygen atoms in total. The minimum Gasteiger partial charge on any atom is -0.490 e. The second-order valence-corrected chi connectivity index (χ2v) is 6.47. The largest absolute Gasteiger partial charge is 0.490 e. The number of benzene rings is 2. The third-order valence-corrected chi connectivity index (χ3v) is 4.44. The maximum atomic E-state index is 13.1. The van der Waals surface area contributed by atoms with Crippen LogP contribution in [-0.4, -0.2) is 36.7 Å². The Kier molecular flexibility index (Phi) is 5.64. The van der Waals surface area contributed by atoms with Crippen molar-refractivity contribution in [3.05, 3.63) is 53.1 Å². The van der Waals surface area contributed by atoms with Gasteiger partial charge in [0, 0.05) is 17.8 Å². The number of amides is 1. The lowest BCUT2D eigenvalue weighted by Crippen LogP contribution is -2.35. The highest BCUT2D eigenvalue weighted by molar-refractivity contribution is 6.07. The Bertz CT molecular complexity index is 862. The molecule has 27 heavy (non-hydrogen) atoms. The van der Waals surface area contributed by atoms with Crippen LogP contribution in [0.5, 0.6) is 11.5 Å². The molecule has 0 radical (unpaired) electrons. The molecule has 0 bridgehead atoms. The number of rotatable bonds is 6. The number of nitrogens with zero attached hydrogens (tertiary/aromatic N) is 1. The Labute approximate surface area is 158 Å². The molecule has 1 N–H and O–H groups in total. The van der Waals surface area contributed by atoms with Crippen LogP contribution < -0.4 is 14.4 Å². The molecule has 0 aromatic heterocycles. The Morgan fingerprint density at radius 3 is 2.67 bits per heavy atom. The number of carboxylic acids is 1. The van der Waals surface area contributed by atoms with Crippen molar-refractivity contribution in [1.82, 2.24) is 0 Å². The van der Waals surface area contributed by atoms with Gasteiger partial charge >= 0.3 is 5.97 Å². The minimum atomic E-state index is -1.07. The molecular weight excluding hydrogens is 346 g/mol. The van der Waals surface area contributed by atoms with Crippen molar-refractivity contribution in [2.75, 3.05) is 24.7 Å². The van der Waals surface area contributed by atoms with E-state index in [1.54, 1.807) is 23.1 Å². The summed E-state index contributed by atoms with van der Waals surface area (Å²) in [4.78, 5) is 25.6. The van der Waals surface area contributed by atoms with E-state index >= 15 is 0 Å². The molecule has 1 heterocycles. The number of fused-ring (bicyclic) bond motifs is 1. The molecule has 142 valence electrons. The van der Waals surface area contributed by atoms with E-state index in [-0.39, 0.29) is 5.91 Å². The first-order valence-corrected chi connectivity index (χ1v) is 9.02. The summed E-state index contributed by atoms with van der Waals surface area (Å²) >= 11 is 0. The van der Waals surface area contributed by atoms with Crippen molar-refractivity contribution >= 4 is 17.6 Å². The van der Waals surface area contributed by atoms with E-state index in [1.165, 1.54) is 11.1 Å². The first kappa shape index (κ1) is 18.8. The first-order chi connectivity index (χ1) is 13.0. The highest BCUT2D eigenvalue weighted by atomic mass is 16.5. The fourth-order valence-corrected chi connectivity index (χ4v) is 3.26. The van der Waals surface area contributed by atoms with Crippen LogP contribution >= 0.6 is 0 Å². The third-order valence-electron chi connectivity index (χ3n) is 4.44. The van der Waals surface area contributed by atoms with E-state index in [4.69, 9.17) is 14.6 Å². The van der Waals surface area contributed by atoms with Crippen LogP contribution in [0.2, 0.25) is 0 Å². The molecule has 2 aromatic rings. The monoisotopic (exact) mass is 369 g/mol. The molecule has 1 aliphatic heterocycles. The summed E-state index contributed by atoms with van der Waals surface area (Å²) < 4.78 is 10.8. The summed E-state index contributed by atoms with van der Waals surface area (Å²) in [6.07, 6.45) is 1.88. The number of ether oxygens (including phenoxy) is 2. The number of carbonyl (C=O) groups is 2. The van der Waals surface area contributed by atoms with Gasteiger partial charge in [0.25, 0.3) is 5.91 Å². The van der Waals surface area contributed by atoms with E-state index < -0.39 is 12.6 Å². The standard InChI is InChI=1S/C21H23NO5/c1-3-26-19-12-16(7-9-18(19)27-13-20(23)24)21(25)22-10-4-5-15-11-14(2)6-8-17(15)22/h6-9,11-12H,3-5,10,13H2,1-2H3,(H,23,24). The normalized spacial score (nSPS) is 13.0. The maximum Gasteiger partial charge on any atom is 0.341 e. The topological polar surface area (TPSA) is 76.1 Å². The quantitative estimate of drug-likeness (QED) is 0.844. The molecule has 0 atom stereocenters. The Balaban J connectivity index is 1.89. The van der Waals surface area contributed by atoms with Crippen LogP contribution in [0.4, 0.5) is 5.69 Å². The van der Waals surface area contributed by atoms with E-state index in [0.717, 1.165) is 18.5 Å². The van der Waals surface area contributed by atoms with Crippen LogP contribution in [0.1, 0.15) is 34.8 Å². The SMILES string of the molecule is CCOc1cc(C(=O)N2CCCc3cc(C)ccc32)ccc1OCC(=O)O. The Morgan fingerprint density at radius 2 is 1.93 bits per heavy atom. The van der Waals surface area contributed by atoms with Gasteiger partial charge in [-0.25, -0.2) is 4.79 Å². The molecule has 0 unspecified atom stereocenters. The lowest BCUT2D eigenvalue weighted by molar-refractivity contribution is -0.139. The molecule has 2 aromatic carbocycles. The number of hydrogen-bond donors (Lipinski definition) is 1. The van der Waals surface area contributed by atoms with Gasteiger partial charge in [-0.3, -0.25) is 4.79 Å². The van der Waals surface area contributed by atoms with E-state index in [2.05, 4.69) is 6.07 Å². The van der Waals surface area contributed by atoms with Gasteiger partial charge in [0.2, 0.25) is 0 Å². The van der Waals surface area contributed by atoms with Crippen LogP contribution in [0, 0.1) is 6.92 Å². The van der Waals surface area contributed by atoms with Crippen molar-refractivity contribution in [2.24, 2.45) is 0 Å². The average molecular weight is 369 g/mol. The lowest BCUT2D eigenvalue weighted by atomic mass is 9.99. The Hall–Kier alpha value is -3.02. The summed E-state index contributed by atoms with van der Waals surface area (Å²) in [5.41, 5.74) is 3.79. The molecular formula is C21H23NO5. The predicted molar refractivity (Wildman–Crippen MR) is 102 cm³/mol. The molecule has 1 amide bonds. The molecule has 0 saturated carbocycles. The molecule has 0 aliphatic carbocycles. The summed E-state index contributed by atoms with van der Waals surface area (Å²) in [6, 6.07) is 11.0. The summed E-state index contributed by atoms with van der Waals surface area (Å²) in [5.74, 6) is -0.500. The van der Waals surface area contributed by atoms with Crippen molar-refractivity contribution in [2.45, 2.75) is 26.7 Å². The maximum absolute atomic E-state index is 13.1. The molecule has 6 heteroatoms. The number of carbonyl (C=O) groups excluding carboxylic acids is 1. The van der Waals surface area contributed by atoms with Crippen LogP contribution in [0.25, 0.3) is 0 Å². The van der Waals surface area contributed by atoms with Crippen molar-refractivity contribution < 1.29 is 24.2 Å². The van der Waals surface area contributed by atoms with Gasteiger partial charge in [-0.1, -0.05) is 17.7 Å². The van der Waals surface area contributed by atoms with Crippen LogP contribution in [0.15, 0.2) is 36.4 Å². The fraction of sp³-hybridized carbons (Fsp3) is 0.333. The first-order valence-electron chi connectivity index (χ1n) is 9.02. The van der Waals surface area contributed by atoms with Crippen molar-refractivity contribution in [3.8, 4) is 11.5 Å². The van der Waals surface area contributed by atoms with Gasteiger partial charge in [0.15, 0.2) is 18.1 Å². The lowest BCUT2D eigenvalue weighted by Gasteiger charge is -2.30. The molecule has 0 saturated heterocycles. The predicted octanol–water partition coefficient (Wildman–Crippen LogP) is 3.45. The van der Waals surface area contributed by atoms with Crippen LogP contribution in [-0.2, 0) is 11.2 Å². The van der Waals surface area contributed by atoms with E-state index in [0.29, 0.717) is 30.2 Å². The van der Waals surface area contributed by atoms with Crippen molar-refractivity contribution in [1.29, 1.82) is 0 Å². The minimum absolute atomic E-state index is 0.106. The molecule has 3 rings (SSSR count). The number of anilines is 1. The number of carboxylic acid groups (broad SMARTS) is 1. The summed E-state index contributed by atoms with van der Waals surface area (Å²) in [6.45, 7) is 4.44. The highest BCUT2D eigenvalue weighted by Gasteiger charge is 2.24. The van der Waals surface area contributed by atoms with Gasteiger partial charge in [0.05, 0.1) is 6.61 Å². The van der Waals surface area contributed by atoms with Gasteiger partial charge in [-0.2, -0.15) is 0 Å². The molecule has 0 fully saturated rings. The second-order valence-electron chi connectivity index (χ2n) is 6.47. The van der Waals surface area contributed by atoms with Gasteiger partial charge < -0.3 is 19.5 Å². The van der Waals surface area contributed by atoms with Gasteiger partial charge in [-0.05, 0) is 56.5 Å². The summed E-state index contributed by atoms with van der Waals surface area (Å²) in [5, 5.41) is 8.79. The van der Waals surface area contributed by atoms with Crippen molar-refractivity contribution in [3.63, 3.8) is 0 Å². The van der Waals surface area contributed by atoms with Gasteiger partial charge in [-0.15, -0.1) is 0 Å². The smallest absolute Gasteiger partial charge is 0.341 e. The average Bonchev–Trinajstić information content (AvgIpc) is 2.65. The van der Waals surface area contributed by atoms with Crippen LogP contribution in [0.3, 0.4) is 0 Å². The molecule has 1 aliphatic rings.